The van der Waals surface area contributed by atoms with Crippen LogP contribution in [0.25, 0.3) is 0 Å². The van der Waals surface area contributed by atoms with E-state index in [2.05, 4.69) is 21.7 Å². The molecule has 0 saturated heterocycles. The van der Waals surface area contributed by atoms with Gasteiger partial charge in [-0.1, -0.05) is 14.9 Å². The molecule has 6 heteroatoms. The molecule has 2 nitrogen and oxygen atoms in total. The summed E-state index contributed by atoms with van der Waals surface area (Å²) in [6, 6.07) is 0. The van der Waals surface area contributed by atoms with Crippen LogP contribution >= 0.6 is 21.7 Å². The second-order valence-corrected chi connectivity index (χ2v) is 0. The summed E-state index contributed by atoms with van der Waals surface area (Å²) in [5.41, 5.74) is 0. The summed E-state index contributed by atoms with van der Waals surface area (Å²) >= 11 is 0. The van der Waals surface area contributed by atoms with E-state index in [0.29, 0.717) is 0 Å². The molecule has 50 valence electrons. The molecule has 0 saturated carbocycles. The van der Waals surface area contributed by atoms with Crippen LogP contribution in [0.3, 0.4) is 0 Å². The third kappa shape index (κ3) is 76.5. The Labute approximate surface area is 110 Å². The van der Waals surface area contributed by atoms with Crippen molar-refractivity contribution >= 4 is 21.7 Å². The molecule has 0 fully saturated rings. The molecule has 0 aliphatic rings. The fraction of sp³-hybridized carbons (Fsp3) is 1.00. The number of hydrogen-bond donors (Lipinski definition) is 0. The molecule has 0 rings (SSSR count). The standard InChI is InChI=1S/2CH4.Cl2.2Na.2H2O.H2.H/c;;1-2;;;;;;/h2*1H4;;;;2*1H2;1H;/q;;;2*+1;;;;-1. The van der Waals surface area contributed by atoms with Crippen LogP contribution in [0.2, 0.25) is 0 Å². The van der Waals surface area contributed by atoms with Crippen molar-refractivity contribution in [2.75, 3.05) is 0 Å². The zero-order valence-electron chi connectivity index (χ0n) is 5.70. The maximum Gasteiger partial charge on any atom is 1.00 e. The Morgan fingerprint density at radius 2 is 1.12 bits per heavy atom. The van der Waals surface area contributed by atoms with E-state index < -0.39 is 0 Å². The van der Waals surface area contributed by atoms with E-state index in [1.165, 1.54) is 0 Å². The average molecular weight is 188 g/mol. The second kappa shape index (κ2) is 110. The quantitative estimate of drug-likeness (QED) is 0.359. The van der Waals surface area contributed by atoms with Crippen LogP contribution in [0.15, 0.2) is 0 Å². The summed E-state index contributed by atoms with van der Waals surface area (Å²) < 4.78 is 0. The summed E-state index contributed by atoms with van der Waals surface area (Å²) in [7, 11) is 8.22. The topological polar surface area (TPSA) is 61.5 Å². The van der Waals surface area contributed by atoms with Crippen LogP contribution in [0.5, 0.6) is 0 Å². The van der Waals surface area contributed by atoms with Gasteiger partial charge in [0.05, 0.1) is 0 Å². The molecule has 0 aliphatic carbocycles. The third-order valence-electron chi connectivity index (χ3n) is 0. The zero-order valence-corrected chi connectivity index (χ0v) is 9.22. The van der Waals surface area contributed by atoms with Crippen LogP contribution < -0.4 is 59.1 Å². The van der Waals surface area contributed by atoms with Gasteiger partial charge in [0.25, 0.3) is 0 Å². The summed E-state index contributed by atoms with van der Waals surface area (Å²) in [5, 5.41) is 0. The van der Waals surface area contributed by atoms with Gasteiger partial charge in [-0.05, 0) is 0 Å². The first kappa shape index (κ1) is 77.4. The largest absolute Gasteiger partial charge is 1.00 e. The van der Waals surface area contributed by atoms with E-state index in [9.17, 15) is 0 Å². The Kier molecular flexibility index (Phi) is 1060. The van der Waals surface area contributed by atoms with Crippen molar-refractivity contribution in [1.29, 1.82) is 0 Å². The van der Waals surface area contributed by atoms with Gasteiger partial charge in [-0.3, -0.25) is 0 Å². The van der Waals surface area contributed by atoms with Crippen molar-refractivity contribution in [2.45, 2.75) is 14.9 Å². The average Bonchev–Trinajstić information content (AvgIpc) is 1.00. The molecule has 0 bridgehead atoms. The van der Waals surface area contributed by atoms with Gasteiger partial charge in [0.2, 0.25) is 0 Å². The number of halogens is 2. The molecule has 0 atom stereocenters. The number of rotatable bonds is 0. The molecule has 0 unspecified atom stereocenters. The van der Waals surface area contributed by atoms with Crippen molar-refractivity contribution in [3.8, 4) is 0 Å². The molecule has 0 aliphatic heterocycles. The van der Waals surface area contributed by atoms with Gasteiger partial charge in [-0.15, -0.1) is 0 Å². The van der Waals surface area contributed by atoms with E-state index in [0.717, 1.165) is 0 Å². The van der Waals surface area contributed by atoms with Crippen molar-refractivity contribution < 1.29 is 74.3 Å². The summed E-state index contributed by atoms with van der Waals surface area (Å²) in [6.45, 7) is 0. The predicted octanol–water partition coefficient (Wildman–Crippen LogP) is -3.87. The fourth-order valence-electron chi connectivity index (χ4n) is 0. The summed E-state index contributed by atoms with van der Waals surface area (Å²) in [4.78, 5) is 0. The Morgan fingerprint density at radius 3 is 1.12 bits per heavy atom. The van der Waals surface area contributed by atoms with Crippen LogP contribution in [0.4, 0.5) is 0 Å². The first-order valence-corrected chi connectivity index (χ1v) is 1.29. The van der Waals surface area contributed by atoms with Crippen molar-refractivity contribution in [1.82, 2.24) is 0 Å². The molecule has 0 spiro atoms. The van der Waals surface area contributed by atoms with Crippen molar-refractivity contribution in [2.24, 2.45) is 0 Å². The van der Waals surface area contributed by atoms with Gasteiger partial charge < -0.3 is 12.4 Å². The van der Waals surface area contributed by atoms with Gasteiger partial charge in [-0.25, -0.2) is 0 Å². The Morgan fingerprint density at radius 1 is 1.12 bits per heavy atom. The van der Waals surface area contributed by atoms with E-state index >= 15 is 0 Å². The summed E-state index contributed by atoms with van der Waals surface area (Å²) in [6.07, 6.45) is 0. The minimum absolute atomic E-state index is 0. The van der Waals surface area contributed by atoms with Crippen LogP contribution in [-0.4, -0.2) is 11.0 Å². The smallest absolute Gasteiger partial charge is 1.00 e. The van der Waals surface area contributed by atoms with Gasteiger partial charge in [0, 0.05) is 23.1 Å². The van der Waals surface area contributed by atoms with E-state index in [-0.39, 0.29) is 89.2 Å². The first-order valence-electron chi connectivity index (χ1n) is 0.143. The number of hydrogen-bond acceptors (Lipinski definition) is 1. The minimum Gasteiger partial charge on any atom is -1.00 e. The third-order valence-corrected chi connectivity index (χ3v) is 0. The first-order chi connectivity index (χ1) is 1.00. The Bertz CT molecular complexity index is 25.3. The van der Waals surface area contributed by atoms with Gasteiger partial charge in [0.15, 0.2) is 0 Å². The molecular weight excluding hydrogens is 173 g/mol. The van der Waals surface area contributed by atoms with Crippen LogP contribution in [0, 0.1) is 0 Å². The molecule has 0 aromatic heterocycles. The molecule has 3 N–H and O–H groups in total. The molecule has 0 aromatic rings. The molecule has 0 aromatic carbocycles. The fourth-order valence-corrected chi connectivity index (χ4v) is 0. The molecule has 0 heterocycles. The van der Waals surface area contributed by atoms with Gasteiger partial charge in [-0.2, -0.15) is 0 Å². The van der Waals surface area contributed by atoms with Gasteiger partial charge >= 0.3 is 60.5 Å². The normalized spacial score (nSPS) is 0.750. The van der Waals surface area contributed by atoms with E-state index in [1.807, 2.05) is 0 Å². The zero-order chi connectivity index (χ0) is 2.00. The predicted molar refractivity (Wildman–Crippen MR) is 35.1 cm³/mol. The Balaban J connectivity index is -0.000000000139. The molecule has 0 amide bonds. The Hall–Kier alpha value is 2.50. The summed E-state index contributed by atoms with van der Waals surface area (Å²) in [5.74, 6) is 0. The molecule has 0 radical (unpaired) electrons. The van der Waals surface area contributed by atoms with Crippen molar-refractivity contribution in [3.63, 3.8) is 0 Å². The maximum absolute atomic E-state index is 4.11. The van der Waals surface area contributed by atoms with Crippen molar-refractivity contribution in [3.05, 3.63) is 0 Å². The monoisotopic (exact) mass is 187 g/mol. The minimum atomic E-state index is 0. The van der Waals surface area contributed by atoms with Crippen LogP contribution in [0.1, 0.15) is 19.1 Å². The van der Waals surface area contributed by atoms with Gasteiger partial charge in [0.1, 0.15) is 0 Å². The maximum atomic E-state index is 4.11. The van der Waals surface area contributed by atoms with Crippen LogP contribution in [-0.2, 0) is 0 Å². The SMILES string of the molecule is C.C.ClCl.O.[H+].[H-].[HH].[Na+].[Na+].[OH-]. The van der Waals surface area contributed by atoms with E-state index in [4.69, 9.17) is 0 Å². The second-order valence-electron chi connectivity index (χ2n) is 0. The molecular formula is C2H15Cl2Na2O2+. The van der Waals surface area contributed by atoms with E-state index in [1.54, 1.807) is 0 Å². The molecule has 8 heavy (non-hydrogen) atoms.